The molecule has 0 bridgehead atoms. The molecule has 0 aliphatic carbocycles. The zero-order valence-electron chi connectivity index (χ0n) is 16.2. The summed E-state index contributed by atoms with van der Waals surface area (Å²) in [6, 6.07) is 1.26. The van der Waals surface area contributed by atoms with Crippen LogP contribution < -0.4 is 11.2 Å². The SMILES string of the molecule is CCOC(=O)CCCn1c(=O)ccn([C@@H]2O[C@H](CO)[C@H]3OC(C)(C)O[C@H]32)c1=O. The summed E-state index contributed by atoms with van der Waals surface area (Å²) in [7, 11) is 0. The van der Waals surface area contributed by atoms with Gasteiger partial charge in [-0.05, 0) is 27.2 Å². The van der Waals surface area contributed by atoms with Gasteiger partial charge in [0.15, 0.2) is 12.0 Å². The quantitative estimate of drug-likeness (QED) is 0.626. The minimum absolute atomic E-state index is 0.0738. The molecule has 0 aromatic carbocycles. The summed E-state index contributed by atoms with van der Waals surface area (Å²) < 4.78 is 24.6. The molecule has 1 N–H and O–H groups in total. The number of aliphatic hydroxyl groups is 1. The third-order valence-corrected chi connectivity index (χ3v) is 4.74. The predicted octanol–water partition coefficient (Wildman–Crippen LogP) is -0.237. The van der Waals surface area contributed by atoms with Gasteiger partial charge < -0.3 is 24.1 Å². The lowest BCUT2D eigenvalue weighted by molar-refractivity contribution is -0.200. The largest absolute Gasteiger partial charge is 0.466 e. The molecule has 0 amide bonds. The molecule has 2 saturated heterocycles. The first kappa shape index (κ1) is 20.7. The maximum atomic E-state index is 12.9. The topological polar surface area (TPSA) is 118 Å². The maximum Gasteiger partial charge on any atom is 0.333 e. The second kappa shape index (κ2) is 8.16. The van der Waals surface area contributed by atoms with Crippen molar-refractivity contribution in [3.8, 4) is 0 Å². The van der Waals surface area contributed by atoms with Gasteiger partial charge in [0.25, 0.3) is 5.56 Å². The number of fused-ring (bicyclic) bond motifs is 1. The third-order valence-electron chi connectivity index (χ3n) is 4.74. The van der Waals surface area contributed by atoms with Crippen molar-refractivity contribution in [2.24, 2.45) is 0 Å². The van der Waals surface area contributed by atoms with Crippen LogP contribution in [-0.4, -0.2) is 57.5 Å². The number of carbonyl (C=O) groups is 1. The Hall–Kier alpha value is -2.01. The highest BCUT2D eigenvalue weighted by molar-refractivity contribution is 5.69. The van der Waals surface area contributed by atoms with Gasteiger partial charge in [0.05, 0.1) is 13.2 Å². The monoisotopic (exact) mass is 398 g/mol. The van der Waals surface area contributed by atoms with Gasteiger partial charge >= 0.3 is 11.7 Å². The van der Waals surface area contributed by atoms with E-state index in [0.717, 1.165) is 4.57 Å². The van der Waals surface area contributed by atoms with Crippen LogP contribution in [0.15, 0.2) is 21.9 Å². The Balaban J connectivity index is 1.82. The van der Waals surface area contributed by atoms with Crippen LogP contribution in [-0.2, 0) is 30.3 Å². The average molecular weight is 398 g/mol. The number of aliphatic hydroxyl groups excluding tert-OH is 1. The van der Waals surface area contributed by atoms with E-state index in [1.807, 2.05) is 0 Å². The van der Waals surface area contributed by atoms with E-state index in [0.29, 0.717) is 6.42 Å². The van der Waals surface area contributed by atoms with Gasteiger partial charge in [-0.3, -0.25) is 18.7 Å². The molecule has 3 heterocycles. The standard InChI is InChI=1S/C18H26N2O8/c1-4-25-13(23)6-5-8-19-12(22)7-9-20(17(19)24)16-15-14(11(10-21)26-16)27-18(2,3)28-15/h7,9,11,14-16,21H,4-6,8,10H2,1-3H3/t11-,14-,15-,16-/m1/s1. The molecule has 0 saturated carbocycles. The van der Waals surface area contributed by atoms with Crippen molar-refractivity contribution >= 4 is 5.97 Å². The number of rotatable bonds is 7. The summed E-state index contributed by atoms with van der Waals surface area (Å²) in [5.74, 6) is -1.25. The maximum absolute atomic E-state index is 12.9. The van der Waals surface area contributed by atoms with E-state index in [1.165, 1.54) is 16.8 Å². The molecule has 156 valence electrons. The highest BCUT2D eigenvalue weighted by Gasteiger charge is 2.55. The van der Waals surface area contributed by atoms with Crippen molar-refractivity contribution in [2.75, 3.05) is 13.2 Å². The Morgan fingerprint density at radius 2 is 2.00 bits per heavy atom. The van der Waals surface area contributed by atoms with Gasteiger partial charge in [-0.25, -0.2) is 4.79 Å². The molecule has 28 heavy (non-hydrogen) atoms. The summed E-state index contributed by atoms with van der Waals surface area (Å²) in [6.07, 6.45) is -0.862. The molecule has 1 aromatic heterocycles. The van der Waals surface area contributed by atoms with Crippen molar-refractivity contribution in [3.05, 3.63) is 33.1 Å². The van der Waals surface area contributed by atoms with E-state index >= 15 is 0 Å². The first-order chi connectivity index (χ1) is 13.3. The molecule has 2 fully saturated rings. The lowest BCUT2D eigenvalue weighted by atomic mass is 10.1. The lowest BCUT2D eigenvalue weighted by Gasteiger charge is -2.24. The number of ether oxygens (including phenoxy) is 4. The van der Waals surface area contributed by atoms with Crippen LogP contribution in [0.4, 0.5) is 0 Å². The van der Waals surface area contributed by atoms with Crippen LogP contribution in [0.1, 0.15) is 39.8 Å². The summed E-state index contributed by atoms with van der Waals surface area (Å²) >= 11 is 0. The van der Waals surface area contributed by atoms with Gasteiger partial charge in [-0.1, -0.05) is 0 Å². The van der Waals surface area contributed by atoms with Crippen LogP contribution in [0.25, 0.3) is 0 Å². The van der Waals surface area contributed by atoms with Crippen molar-refractivity contribution in [3.63, 3.8) is 0 Å². The Bertz CT molecular complexity index is 830. The zero-order chi connectivity index (χ0) is 20.5. The summed E-state index contributed by atoms with van der Waals surface area (Å²) in [5.41, 5.74) is -1.05. The Morgan fingerprint density at radius 1 is 1.29 bits per heavy atom. The van der Waals surface area contributed by atoms with Crippen LogP contribution in [0, 0.1) is 0 Å². The number of hydrogen-bond acceptors (Lipinski definition) is 8. The molecule has 0 unspecified atom stereocenters. The Morgan fingerprint density at radius 3 is 2.68 bits per heavy atom. The van der Waals surface area contributed by atoms with Crippen molar-refractivity contribution in [1.29, 1.82) is 0 Å². The van der Waals surface area contributed by atoms with E-state index in [9.17, 15) is 19.5 Å². The zero-order valence-corrected chi connectivity index (χ0v) is 16.2. The average Bonchev–Trinajstić information content (AvgIpc) is 3.11. The summed E-state index contributed by atoms with van der Waals surface area (Å²) in [4.78, 5) is 36.5. The van der Waals surface area contributed by atoms with Crippen molar-refractivity contribution < 1.29 is 28.8 Å². The summed E-state index contributed by atoms with van der Waals surface area (Å²) in [5, 5.41) is 9.58. The molecule has 3 rings (SSSR count). The van der Waals surface area contributed by atoms with Gasteiger partial charge in [0.1, 0.15) is 18.3 Å². The smallest absolute Gasteiger partial charge is 0.333 e. The molecule has 0 spiro atoms. The van der Waals surface area contributed by atoms with E-state index < -0.39 is 41.6 Å². The highest BCUT2D eigenvalue weighted by atomic mass is 16.8. The molecular weight excluding hydrogens is 372 g/mol. The van der Waals surface area contributed by atoms with Crippen LogP contribution >= 0.6 is 0 Å². The molecular formula is C18H26N2O8. The van der Waals surface area contributed by atoms with Gasteiger partial charge in [0, 0.05) is 25.2 Å². The summed E-state index contributed by atoms with van der Waals surface area (Å²) in [6.45, 7) is 5.27. The molecule has 2 aliphatic rings. The van der Waals surface area contributed by atoms with Crippen LogP contribution in [0.2, 0.25) is 0 Å². The predicted molar refractivity (Wildman–Crippen MR) is 95.6 cm³/mol. The van der Waals surface area contributed by atoms with E-state index in [4.69, 9.17) is 18.9 Å². The first-order valence-electron chi connectivity index (χ1n) is 9.37. The highest BCUT2D eigenvalue weighted by Crippen LogP contribution is 2.42. The number of esters is 1. The normalized spacial score (nSPS) is 28.3. The minimum Gasteiger partial charge on any atom is -0.466 e. The minimum atomic E-state index is -0.873. The molecule has 10 heteroatoms. The molecule has 0 radical (unpaired) electrons. The van der Waals surface area contributed by atoms with Crippen molar-refractivity contribution in [1.82, 2.24) is 9.13 Å². The van der Waals surface area contributed by atoms with Gasteiger partial charge in [0.2, 0.25) is 0 Å². The third kappa shape index (κ3) is 4.04. The fourth-order valence-electron chi connectivity index (χ4n) is 3.58. The Kier molecular flexibility index (Phi) is 6.04. The van der Waals surface area contributed by atoms with E-state index in [1.54, 1.807) is 20.8 Å². The van der Waals surface area contributed by atoms with Crippen LogP contribution in [0.3, 0.4) is 0 Å². The van der Waals surface area contributed by atoms with E-state index in [-0.39, 0.29) is 32.1 Å². The second-order valence-electron chi connectivity index (χ2n) is 7.22. The fraction of sp³-hybridized carbons (Fsp3) is 0.722. The molecule has 4 atom stereocenters. The molecule has 1 aromatic rings. The van der Waals surface area contributed by atoms with Crippen LogP contribution in [0.5, 0.6) is 0 Å². The van der Waals surface area contributed by atoms with Gasteiger partial charge in [-0.15, -0.1) is 0 Å². The first-order valence-corrected chi connectivity index (χ1v) is 9.37. The number of nitrogens with zero attached hydrogens (tertiary/aromatic N) is 2. The number of aromatic nitrogens is 2. The van der Waals surface area contributed by atoms with E-state index in [2.05, 4.69) is 0 Å². The Labute approximate surface area is 161 Å². The van der Waals surface area contributed by atoms with Gasteiger partial charge in [-0.2, -0.15) is 0 Å². The van der Waals surface area contributed by atoms with Crippen molar-refractivity contribution in [2.45, 2.75) is 70.5 Å². The molecule has 10 nitrogen and oxygen atoms in total. The number of hydrogen-bond donors (Lipinski definition) is 1. The lowest BCUT2D eigenvalue weighted by Crippen LogP contribution is -2.43. The number of carbonyl (C=O) groups excluding carboxylic acids is 1. The fourth-order valence-corrected chi connectivity index (χ4v) is 3.58. The molecule has 2 aliphatic heterocycles. The second-order valence-corrected chi connectivity index (χ2v) is 7.22.